The topological polar surface area (TPSA) is 133 Å². The van der Waals surface area contributed by atoms with E-state index in [1.807, 2.05) is 0 Å². The summed E-state index contributed by atoms with van der Waals surface area (Å²) in [7, 11) is 7.70. The standard InChI is InChI=1S/C22H23N5O6/c1-29-11-6-7-12(15(8-11)30-2)20-24-22(27-26-20)25-21(28)14-9-13-16(31-3)10-17(32-4)19(33-5)18(13)23-14/h6-10,23H,1-5H3,(H2,24,25,26,27,28). The number of hydrogen-bond donors (Lipinski definition) is 3. The van der Waals surface area contributed by atoms with Crippen LogP contribution in [0.25, 0.3) is 22.3 Å². The average molecular weight is 453 g/mol. The van der Waals surface area contributed by atoms with Crippen molar-refractivity contribution in [1.82, 2.24) is 20.2 Å². The SMILES string of the molecule is COc1ccc(-c2nc(NC(=O)c3cc4c(OC)cc(OC)c(OC)c4[nH]3)n[nH]2)c(OC)c1. The van der Waals surface area contributed by atoms with Crippen molar-refractivity contribution >= 4 is 22.8 Å². The molecule has 0 aliphatic rings. The third-order valence-corrected chi connectivity index (χ3v) is 5.06. The maximum atomic E-state index is 12.9. The Hall–Kier alpha value is -4.41. The van der Waals surface area contributed by atoms with E-state index in [1.165, 1.54) is 21.3 Å². The van der Waals surface area contributed by atoms with Crippen LogP contribution in [0.3, 0.4) is 0 Å². The van der Waals surface area contributed by atoms with Gasteiger partial charge >= 0.3 is 0 Å². The van der Waals surface area contributed by atoms with Crippen LogP contribution in [0.5, 0.6) is 28.7 Å². The number of anilines is 1. The molecule has 4 aromatic rings. The van der Waals surface area contributed by atoms with Crippen molar-refractivity contribution in [3.63, 3.8) is 0 Å². The maximum Gasteiger partial charge on any atom is 0.274 e. The van der Waals surface area contributed by atoms with E-state index in [9.17, 15) is 4.79 Å². The number of H-pyrrole nitrogens is 2. The monoisotopic (exact) mass is 453 g/mol. The first-order valence-electron chi connectivity index (χ1n) is 9.80. The zero-order valence-corrected chi connectivity index (χ0v) is 18.7. The fourth-order valence-electron chi connectivity index (χ4n) is 3.46. The zero-order chi connectivity index (χ0) is 23.5. The van der Waals surface area contributed by atoms with Gasteiger partial charge in [0.05, 0.1) is 46.6 Å². The van der Waals surface area contributed by atoms with Gasteiger partial charge in [0.1, 0.15) is 22.9 Å². The molecule has 0 unspecified atom stereocenters. The van der Waals surface area contributed by atoms with E-state index in [0.29, 0.717) is 51.0 Å². The number of nitrogens with zero attached hydrogens (tertiary/aromatic N) is 2. The van der Waals surface area contributed by atoms with Crippen molar-refractivity contribution in [3.8, 4) is 40.1 Å². The summed E-state index contributed by atoms with van der Waals surface area (Å²) < 4.78 is 26.9. The molecule has 2 aromatic heterocycles. The van der Waals surface area contributed by atoms with Crippen molar-refractivity contribution < 1.29 is 28.5 Å². The third-order valence-electron chi connectivity index (χ3n) is 5.06. The minimum Gasteiger partial charge on any atom is -0.497 e. The van der Waals surface area contributed by atoms with Gasteiger partial charge in [-0.2, -0.15) is 4.98 Å². The van der Waals surface area contributed by atoms with Gasteiger partial charge in [-0.1, -0.05) is 0 Å². The van der Waals surface area contributed by atoms with Gasteiger partial charge in [-0.25, -0.2) is 0 Å². The molecule has 0 bridgehead atoms. The Labute approximate surface area is 189 Å². The number of ether oxygens (including phenoxy) is 5. The van der Waals surface area contributed by atoms with Crippen molar-refractivity contribution in [3.05, 3.63) is 36.0 Å². The molecule has 2 heterocycles. The molecule has 0 radical (unpaired) electrons. The molecule has 11 heteroatoms. The highest BCUT2D eigenvalue weighted by Crippen LogP contribution is 2.41. The van der Waals surface area contributed by atoms with Gasteiger partial charge < -0.3 is 28.7 Å². The summed E-state index contributed by atoms with van der Waals surface area (Å²) in [5, 5.41) is 10.2. The summed E-state index contributed by atoms with van der Waals surface area (Å²) in [6.07, 6.45) is 0. The molecular weight excluding hydrogens is 430 g/mol. The molecule has 3 N–H and O–H groups in total. The number of hydrogen-bond acceptors (Lipinski definition) is 8. The Morgan fingerprint density at radius 2 is 1.64 bits per heavy atom. The Morgan fingerprint density at radius 1 is 0.879 bits per heavy atom. The molecule has 0 aliphatic heterocycles. The lowest BCUT2D eigenvalue weighted by atomic mass is 10.2. The molecule has 0 atom stereocenters. The second-order valence-corrected chi connectivity index (χ2v) is 6.81. The molecule has 172 valence electrons. The third kappa shape index (κ3) is 3.95. The van der Waals surface area contributed by atoms with Crippen LogP contribution in [0, 0.1) is 0 Å². The lowest BCUT2D eigenvalue weighted by molar-refractivity contribution is 0.102. The lowest BCUT2D eigenvalue weighted by Gasteiger charge is -2.11. The van der Waals surface area contributed by atoms with Crippen LogP contribution >= 0.6 is 0 Å². The normalized spacial score (nSPS) is 10.7. The Bertz CT molecular complexity index is 1310. The van der Waals surface area contributed by atoms with E-state index in [-0.39, 0.29) is 11.6 Å². The quantitative estimate of drug-likeness (QED) is 0.370. The number of aromatic amines is 2. The van der Waals surface area contributed by atoms with Crippen molar-refractivity contribution in [2.75, 3.05) is 40.9 Å². The summed E-state index contributed by atoms with van der Waals surface area (Å²) in [6.45, 7) is 0. The number of benzene rings is 2. The van der Waals surface area contributed by atoms with Crippen LogP contribution in [0.1, 0.15) is 10.5 Å². The Balaban J connectivity index is 1.63. The number of carbonyl (C=O) groups is 1. The molecule has 0 spiro atoms. The minimum absolute atomic E-state index is 0.100. The number of rotatable bonds is 8. The summed E-state index contributed by atoms with van der Waals surface area (Å²) >= 11 is 0. The predicted octanol–water partition coefficient (Wildman–Crippen LogP) is 3.25. The summed E-state index contributed by atoms with van der Waals surface area (Å²) in [5.41, 5.74) is 1.50. The summed E-state index contributed by atoms with van der Waals surface area (Å²) in [5.74, 6) is 2.74. The van der Waals surface area contributed by atoms with Gasteiger partial charge in [0, 0.05) is 17.5 Å². The first-order chi connectivity index (χ1) is 16.0. The molecular formula is C22H23N5O6. The highest BCUT2D eigenvalue weighted by Gasteiger charge is 2.21. The molecule has 0 aliphatic carbocycles. The molecule has 1 amide bonds. The van der Waals surface area contributed by atoms with Crippen LogP contribution in [0.15, 0.2) is 30.3 Å². The number of nitrogens with one attached hydrogen (secondary N) is 3. The van der Waals surface area contributed by atoms with Gasteiger partial charge in [0.2, 0.25) is 5.95 Å². The summed E-state index contributed by atoms with van der Waals surface area (Å²) in [6, 6.07) is 8.65. The number of aromatic nitrogens is 4. The zero-order valence-electron chi connectivity index (χ0n) is 18.7. The minimum atomic E-state index is -0.443. The molecule has 0 fully saturated rings. The second kappa shape index (κ2) is 8.99. The average Bonchev–Trinajstić information content (AvgIpc) is 3.50. The van der Waals surface area contributed by atoms with Crippen LogP contribution in [-0.2, 0) is 0 Å². The summed E-state index contributed by atoms with van der Waals surface area (Å²) in [4.78, 5) is 20.3. The number of fused-ring (bicyclic) bond motifs is 1. The molecule has 4 rings (SSSR count). The van der Waals surface area contributed by atoms with Gasteiger partial charge in [0.25, 0.3) is 5.91 Å². The van der Waals surface area contributed by atoms with Crippen molar-refractivity contribution in [1.29, 1.82) is 0 Å². The van der Waals surface area contributed by atoms with E-state index >= 15 is 0 Å². The van der Waals surface area contributed by atoms with E-state index in [4.69, 9.17) is 23.7 Å². The fourth-order valence-corrected chi connectivity index (χ4v) is 3.46. The Kier molecular flexibility index (Phi) is 5.94. The van der Waals surface area contributed by atoms with Crippen molar-refractivity contribution in [2.24, 2.45) is 0 Å². The number of amides is 1. The fraction of sp³-hybridized carbons (Fsp3) is 0.227. The smallest absolute Gasteiger partial charge is 0.274 e. The van der Waals surface area contributed by atoms with Gasteiger partial charge in [-0.05, 0) is 18.2 Å². The van der Waals surface area contributed by atoms with Crippen LogP contribution < -0.4 is 29.0 Å². The van der Waals surface area contributed by atoms with Gasteiger partial charge in [-0.15, -0.1) is 5.10 Å². The molecule has 2 aromatic carbocycles. The molecule has 0 saturated heterocycles. The number of carbonyl (C=O) groups excluding carboxylic acids is 1. The highest BCUT2D eigenvalue weighted by molar-refractivity contribution is 6.07. The van der Waals surface area contributed by atoms with Gasteiger partial charge in [0.15, 0.2) is 17.3 Å². The highest BCUT2D eigenvalue weighted by atomic mass is 16.5. The lowest BCUT2D eigenvalue weighted by Crippen LogP contribution is -2.13. The molecule has 11 nitrogen and oxygen atoms in total. The number of methoxy groups -OCH3 is 5. The van der Waals surface area contributed by atoms with E-state index < -0.39 is 5.91 Å². The molecule has 0 saturated carbocycles. The van der Waals surface area contributed by atoms with E-state index in [0.717, 1.165) is 0 Å². The van der Waals surface area contributed by atoms with E-state index in [2.05, 4.69) is 25.5 Å². The van der Waals surface area contributed by atoms with Crippen molar-refractivity contribution in [2.45, 2.75) is 0 Å². The first kappa shape index (κ1) is 21.8. The van der Waals surface area contributed by atoms with Gasteiger partial charge in [-0.3, -0.25) is 15.2 Å². The van der Waals surface area contributed by atoms with Crippen LogP contribution in [-0.4, -0.2) is 61.6 Å². The largest absolute Gasteiger partial charge is 0.497 e. The molecule has 33 heavy (non-hydrogen) atoms. The van der Waals surface area contributed by atoms with Crippen LogP contribution in [0.2, 0.25) is 0 Å². The van der Waals surface area contributed by atoms with E-state index in [1.54, 1.807) is 44.6 Å². The predicted molar refractivity (Wildman–Crippen MR) is 121 cm³/mol. The van der Waals surface area contributed by atoms with Crippen LogP contribution in [0.4, 0.5) is 5.95 Å². The first-order valence-corrected chi connectivity index (χ1v) is 9.80. The second-order valence-electron chi connectivity index (χ2n) is 6.81. The maximum absolute atomic E-state index is 12.9. The Morgan fingerprint density at radius 3 is 2.30 bits per heavy atom.